The Morgan fingerprint density at radius 3 is 2.76 bits per heavy atom. The molecule has 0 spiro atoms. The van der Waals surface area contributed by atoms with Crippen LogP contribution in [0.3, 0.4) is 0 Å². The molecular formula is C30H31N7O. The van der Waals surface area contributed by atoms with Crippen molar-refractivity contribution in [2.45, 2.75) is 64.0 Å². The number of rotatable bonds is 8. The van der Waals surface area contributed by atoms with E-state index in [1.165, 1.54) is 54.3 Å². The number of pyridine rings is 2. The van der Waals surface area contributed by atoms with Crippen molar-refractivity contribution in [1.82, 2.24) is 24.3 Å². The van der Waals surface area contributed by atoms with Crippen molar-refractivity contribution < 1.29 is 4.74 Å². The van der Waals surface area contributed by atoms with Gasteiger partial charge in [0.25, 0.3) is 0 Å². The SMILES string of the molecule is Cc1c(CNc2cc(OCc3cn4cc(C5CC5)ccc4n3)ncn2)c(C2(C)CC2)cc2c(N)nccc12. The fraction of sp³-hybridized carbons (Fsp3) is 0.333. The van der Waals surface area contributed by atoms with Crippen LogP contribution in [0.15, 0.2) is 55.2 Å². The van der Waals surface area contributed by atoms with Gasteiger partial charge in [-0.15, -0.1) is 0 Å². The minimum atomic E-state index is 0.186. The number of imidazole rings is 1. The molecule has 192 valence electrons. The number of nitrogens with one attached hydrogen (secondary N) is 1. The molecule has 1 aromatic carbocycles. The van der Waals surface area contributed by atoms with Crippen LogP contribution in [0, 0.1) is 6.92 Å². The summed E-state index contributed by atoms with van der Waals surface area (Å²) in [6.45, 7) is 5.50. The molecule has 8 heteroatoms. The summed E-state index contributed by atoms with van der Waals surface area (Å²) in [5.41, 5.74) is 13.5. The molecule has 0 aliphatic heterocycles. The fourth-order valence-corrected chi connectivity index (χ4v) is 5.42. The maximum absolute atomic E-state index is 6.24. The van der Waals surface area contributed by atoms with Crippen LogP contribution >= 0.6 is 0 Å². The van der Waals surface area contributed by atoms with E-state index in [-0.39, 0.29) is 5.41 Å². The van der Waals surface area contributed by atoms with Gasteiger partial charge in [0.2, 0.25) is 5.88 Å². The lowest BCUT2D eigenvalue weighted by atomic mass is 9.87. The zero-order chi connectivity index (χ0) is 25.9. The second-order valence-electron chi connectivity index (χ2n) is 11.0. The fourth-order valence-electron chi connectivity index (χ4n) is 5.42. The number of hydrogen-bond donors (Lipinski definition) is 2. The minimum Gasteiger partial charge on any atom is -0.471 e. The van der Waals surface area contributed by atoms with Gasteiger partial charge in [-0.05, 0) is 89.8 Å². The highest BCUT2D eigenvalue weighted by atomic mass is 16.5. The van der Waals surface area contributed by atoms with Gasteiger partial charge in [-0.2, -0.15) is 0 Å². The van der Waals surface area contributed by atoms with E-state index in [1.807, 2.05) is 18.3 Å². The van der Waals surface area contributed by atoms with Gasteiger partial charge in [0.1, 0.15) is 30.2 Å². The molecule has 5 aromatic rings. The molecule has 2 aliphatic rings. The first-order valence-electron chi connectivity index (χ1n) is 13.3. The number of ether oxygens (including phenoxy) is 1. The normalized spacial score (nSPS) is 16.2. The number of nitrogens with zero attached hydrogens (tertiary/aromatic N) is 5. The average molecular weight is 506 g/mol. The lowest BCUT2D eigenvalue weighted by Gasteiger charge is -2.21. The third-order valence-electron chi connectivity index (χ3n) is 8.17. The summed E-state index contributed by atoms with van der Waals surface area (Å²) in [6.07, 6.45) is 12.5. The van der Waals surface area contributed by atoms with E-state index in [1.54, 1.807) is 6.20 Å². The van der Waals surface area contributed by atoms with E-state index in [4.69, 9.17) is 15.5 Å². The van der Waals surface area contributed by atoms with Crippen LogP contribution in [0.5, 0.6) is 5.88 Å². The molecule has 8 nitrogen and oxygen atoms in total. The Bertz CT molecular complexity index is 1680. The first-order valence-corrected chi connectivity index (χ1v) is 13.3. The molecular weight excluding hydrogens is 474 g/mol. The highest BCUT2D eigenvalue weighted by molar-refractivity contribution is 5.95. The topological polar surface area (TPSA) is 103 Å². The average Bonchev–Trinajstić information content (AvgIpc) is 3.86. The Hall–Kier alpha value is -4.20. The summed E-state index contributed by atoms with van der Waals surface area (Å²) in [5.74, 6) is 2.54. The number of nitrogens with two attached hydrogens (primary N) is 1. The quantitative estimate of drug-likeness (QED) is 0.279. The lowest BCUT2D eigenvalue weighted by Crippen LogP contribution is -2.12. The van der Waals surface area contributed by atoms with Crippen molar-refractivity contribution in [2.75, 3.05) is 11.1 Å². The van der Waals surface area contributed by atoms with E-state index >= 15 is 0 Å². The van der Waals surface area contributed by atoms with E-state index in [0.717, 1.165) is 27.9 Å². The number of aryl methyl sites for hydroxylation is 1. The van der Waals surface area contributed by atoms with E-state index in [0.29, 0.717) is 30.8 Å². The summed E-state index contributed by atoms with van der Waals surface area (Å²) in [4.78, 5) is 17.8. The van der Waals surface area contributed by atoms with Crippen LogP contribution in [0.4, 0.5) is 11.6 Å². The maximum Gasteiger partial charge on any atom is 0.218 e. The molecule has 38 heavy (non-hydrogen) atoms. The second-order valence-corrected chi connectivity index (χ2v) is 11.0. The molecule has 2 saturated carbocycles. The molecule has 2 aliphatic carbocycles. The molecule has 4 aromatic heterocycles. The van der Waals surface area contributed by atoms with Crippen molar-refractivity contribution in [3.8, 4) is 5.88 Å². The van der Waals surface area contributed by atoms with E-state index < -0.39 is 0 Å². The summed E-state index contributed by atoms with van der Waals surface area (Å²) >= 11 is 0. The van der Waals surface area contributed by atoms with Crippen molar-refractivity contribution in [3.05, 3.63) is 83.2 Å². The van der Waals surface area contributed by atoms with Gasteiger partial charge in [0.15, 0.2) is 0 Å². The molecule has 0 saturated heterocycles. The Morgan fingerprint density at radius 2 is 1.95 bits per heavy atom. The number of hydrogen-bond acceptors (Lipinski definition) is 7. The van der Waals surface area contributed by atoms with Gasteiger partial charge in [-0.3, -0.25) is 0 Å². The van der Waals surface area contributed by atoms with Crippen molar-refractivity contribution in [3.63, 3.8) is 0 Å². The number of anilines is 2. The smallest absolute Gasteiger partial charge is 0.218 e. The van der Waals surface area contributed by atoms with E-state index in [9.17, 15) is 0 Å². The number of nitrogen functional groups attached to an aromatic ring is 1. The molecule has 0 unspecified atom stereocenters. The van der Waals surface area contributed by atoms with Gasteiger partial charge in [0, 0.05) is 36.6 Å². The molecule has 0 radical (unpaired) electrons. The largest absolute Gasteiger partial charge is 0.471 e. The van der Waals surface area contributed by atoms with Gasteiger partial charge in [-0.25, -0.2) is 19.9 Å². The zero-order valence-electron chi connectivity index (χ0n) is 21.7. The van der Waals surface area contributed by atoms with Crippen LogP contribution < -0.4 is 15.8 Å². The lowest BCUT2D eigenvalue weighted by molar-refractivity contribution is 0.289. The van der Waals surface area contributed by atoms with Gasteiger partial charge in [0.05, 0.1) is 5.69 Å². The molecule has 4 heterocycles. The predicted molar refractivity (Wildman–Crippen MR) is 148 cm³/mol. The van der Waals surface area contributed by atoms with Crippen LogP contribution in [0.1, 0.15) is 66.5 Å². The van der Waals surface area contributed by atoms with Crippen LogP contribution in [-0.4, -0.2) is 24.3 Å². The maximum atomic E-state index is 6.24. The molecule has 0 atom stereocenters. The second kappa shape index (κ2) is 8.68. The predicted octanol–water partition coefficient (Wildman–Crippen LogP) is 5.68. The van der Waals surface area contributed by atoms with Crippen molar-refractivity contribution in [2.24, 2.45) is 0 Å². The minimum absolute atomic E-state index is 0.186. The molecule has 0 amide bonds. The molecule has 7 rings (SSSR count). The third kappa shape index (κ3) is 4.20. The summed E-state index contributed by atoms with van der Waals surface area (Å²) in [5, 5.41) is 5.68. The Balaban J connectivity index is 1.09. The standard InChI is InChI=1S/C30H31N7O/c1-18-22-7-10-32-29(31)23(22)11-25(30(2)8-9-30)24(18)13-33-26-12-28(35-17-34-26)38-16-21-15-37-14-20(19-3-4-19)5-6-27(37)36-21/h5-7,10-12,14-15,17,19H,3-4,8-9,13,16H2,1-2H3,(H2,31,32)(H,33,34,35). The molecule has 2 fully saturated rings. The number of fused-ring (bicyclic) bond motifs is 2. The van der Waals surface area contributed by atoms with Crippen LogP contribution in [0.25, 0.3) is 16.4 Å². The van der Waals surface area contributed by atoms with Gasteiger partial charge in [-0.1, -0.05) is 13.0 Å². The first-order chi connectivity index (χ1) is 18.5. The third-order valence-corrected chi connectivity index (χ3v) is 8.17. The number of benzene rings is 1. The van der Waals surface area contributed by atoms with Gasteiger partial charge >= 0.3 is 0 Å². The Morgan fingerprint density at radius 1 is 1.08 bits per heavy atom. The molecule has 3 N–H and O–H groups in total. The van der Waals surface area contributed by atoms with Crippen molar-refractivity contribution >= 4 is 28.1 Å². The summed E-state index contributed by atoms with van der Waals surface area (Å²) < 4.78 is 8.09. The Kier molecular flexibility index (Phi) is 5.25. The van der Waals surface area contributed by atoms with Gasteiger partial charge < -0.3 is 20.2 Å². The first kappa shape index (κ1) is 23.0. The van der Waals surface area contributed by atoms with Crippen LogP contribution in [0.2, 0.25) is 0 Å². The monoisotopic (exact) mass is 505 g/mol. The molecule has 0 bridgehead atoms. The number of aromatic nitrogens is 5. The van der Waals surface area contributed by atoms with Crippen LogP contribution in [-0.2, 0) is 18.6 Å². The highest BCUT2D eigenvalue weighted by Gasteiger charge is 2.41. The van der Waals surface area contributed by atoms with E-state index in [2.05, 4.69) is 62.9 Å². The zero-order valence-corrected chi connectivity index (χ0v) is 21.7. The van der Waals surface area contributed by atoms with Crippen molar-refractivity contribution in [1.29, 1.82) is 0 Å². The highest BCUT2D eigenvalue weighted by Crippen LogP contribution is 2.50. The summed E-state index contributed by atoms with van der Waals surface area (Å²) in [7, 11) is 0. The Labute approximate surface area is 221 Å². The summed E-state index contributed by atoms with van der Waals surface area (Å²) in [6, 6.07) is 10.4.